The summed E-state index contributed by atoms with van der Waals surface area (Å²) in [5.74, 6) is -0.648. The summed E-state index contributed by atoms with van der Waals surface area (Å²) in [4.78, 5) is 12.8. The molecule has 0 aliphatic heterocycles. The molecule has 1 rings (SSSR count). The van der Waals surface area contributed by atoms with Crippen molar-refractivity contribution in [2.45, 2.75) is 17.7 Å². The molecule has 0 amide bonds. The van der Waals surface area contributed by atoms with Gasteiger partial charge in [-0.2, -0.15) is 11.8 Å². The third-order valence-corrected chi connectivity index (χ3v) is 4.90. The second-order valence-corrected chi connectivity index (χ2v) is 6.26. The predicted molar refractivity (Wildman–Crippen MR) is 84.3 cm³/mol. The van der Waals surface area contributed by atoms with Gasteiger partial charge in [-0.25, -0.2) is 4.39 Å². The van der Waals surface area contributed by atoms with Crippen molar-refractivity contribution in [2.24, 2.45) is 5.73 Å². The first-order valence-electron chi connectivity index (χ1n) is 6.27. The largest absolute Gasteiger partial charge is 0.329 e. The highest BCUT2D eigenvalue weighted by Gasteiger charge is 2.24. The fourth-order valence-corrected chi connectivity index (χ4v) is 3.23. The van der Waals surface area contributed by atoms with Crippen LogP contribution in [0.2, 0.25) is 5.02 Å². The van der Waals surface area contributed by atoms with Crippen molar-refractivity contribution in [1.82, 2.24) is 4.90 Å². The van der Waals surface area contributed by atoms with Gasteiger partial charge in [0.2, 0.25) is 0 Å². The summed E-state index contributed by atoms with van der Waals surface area (Å²) in [7, 11) is 3.93. The molecule has 0 aliphatic rings. The highest BCUT2D eigenvalue weighted by atomic mass is 35.5. The first-order valence-corrected chi connectivity index (χ1v) is 7.94. The van der Waals surface area contributed by atoms with Crippen LogP contribution >= 0.6 is 23.4 Å². The van der Waals surface area contributed by atoms with Crippen LogP contribution in [0.1, 0.15) is 15.9 Å². The molecule has 0 aliphatic carbocycles. The summed E-state index contributed by atoms with van der Waals surface area (Å²) in [5.41, 5.74) is 6.47. The maximum Gasteiger partial charge on any atom is 0.153 e. The Morgan fingerprint density at radius 2 is 2.15 bits per heavy atom. The van der Waals surface area contributed by atoms with Crippen LogP contribution in [-0.4, -0.2) is 49.4 Å². The zero-order valence-electron chi connectivity index (χ0n) is 11.9. The van der Waals surface area contributed by atoms with Gasteiger partial charge < -0.3 is 10.6 Å². The monoisotopic (exact) mass is 318 g/mol. The number of hydrogen-bond acceptors (Lipinski definition) is 4. The summed E-state index contributed by atoms with van der Waals surface area (Å²) in [5, 5.41) is 0.258. The van der Waals surface area contributed by atoms with Crippen LogP contribution in [-0.2, 0) is 6.42 Å². The molecule has 0 aromatic heterocycles. The molecule has 0 fully saturated rings. The number of halogens is 2. The number of thioether (sulfide) groups is 1. The van der Waals surface area contributed by atoms with Crippen molar-refractivity contribution in [1.29, 1.82) is 0 Å². The molecule has 2 unspecified atom stereocenters. The fourth-order valence-electron chi connectivity index (χ4n) is 2.14. The molecular weight excluding hydrogens is 299 g/mol. The molecule has 0 saturated heterocycles. The maximum atomic E-state index is 13.9. The number of benzene rings is 1. The highest BCUT2D eigenvalue weighted by Crippen LogP contribution is 2.26. The molecule has 1 aromatic rings. The molecule has 6 heteroatoms. The molecule has 0 bridgehead atoms. The minimum Gasteiger partial charge on any atom is -0.329 e. The van der Waals surface area contributed by atoms with Gasteiger partial charge >= 0.3 is 0 Å². The van der Waals surface area contributed by atoms with Crippen LogP contribution < -0.4 is 5.73 Å². The van der Waals surface area contributed by atoms with Crippen molar-refractivity contribution in [3.8, 4) is 0 Å². The SMILES string of the molecule is CSC(CN)C(Cc1ccc(C=O)c(F)c1Cl)N(C)C. The smallest absolute Gasteiger partial charge is 0.153 e. The van der Waals surface area contributed by atoms with E-state index in [4.69, 9.17) is 17.3 Å². The van der Waals surface area contributed by atoms with Crippen molar-refractivity contribution in [3.63, 3.8) is 0 Å². The van der Waals surface area contributed by atoms with Gasteiger partial charge in [-0.05, 0) is 38.4 Å². The summed E-state index contributed by atoms with van der Waals surface area (Å²) >= 11 is 7.71. The van der Waals surface area contributed by atoms with E-state index in [2.05, 4.69) is 4.90 Å². The van der Waals surface area contributed by atoms with E-state index in [1.807, 2.05) is 20.4 Å². The number of hydrogen-bond donors (Lipinski definition) is 1. The van der Waals surface area contributed by atoms with Crippen LogP contribution in [0.5, 0.6) is 0 Å². The lowest BCUT2D eigenvalue weighted by atomic mass is 10.0. The van der Waals surface area contributed by atoms with Crippen molar-refractivity contribution >= 4 is 29.6 Å². The Labute approximate surface area is 128 Å². The standard InChI is InChI=1S/C14H20ClFN2OS/c1-18(2)11(12(7-17)20-3)6-9-4-5-10(8-19)14(16)13(9)15/h4-5,8,11-12H,6-7,17H2,1-3H3. The molecule has 0 radical (unpaired) electrons. The van der Waals surface area contributed by atoms with Crippen LogP contribution in [0.15, 0.2) is 12.1 Å². The lowest BCUT2D eigenvalue weighted by molar-refractivity contribution is 0.112. The fraction of sp³-hybridized carbons (Fsp3) is 0.500. The summed E-state index contributed by atoms with van der Waals surface area (Å²) in [6.07, 6.45) is 3.06. The van der Waals surface area contributed by atoms with E-state index < -0.39 is 5.82 Å². The average Bonchev–Trinajstić information content (AvgIpc) is 2.43. The van der Waals surface area contributed by atoms with Gasteiger partial charge in [-0.3, -0.25) is 4.79 Å². The lowest BCUT2D eigenvalue weighted by Crippen LogP contribution is -2.42. The minimum absolute atomic E-state index is 0.0135. The van der Waals surface area contributed by atoms with Crippen LogP contribution in [0, 0.1) is 5.82 Å². The van der Waals surface area contributed by atoms with Gasteiger partial charge in [0.05, 0.1) is 10.6 Å². The topological polar surface area (TPSA) is 46.3 Å². The van der Waals surface area contributed by atoms with Crippen molar-refractivity contribution in [2.75, 3.05) is 26.9 Å². The Morgan fingerprint density at radius 3 is 2.60 bits per heavy atom. The van der Waals surface area contributed by atoms with Crippen LogP contribution in [0.25, 0.3) is 0 Å². The van der Waals surface area contributed by atoms with E-state index in [0.717, 1.165) is 0 Å². The molecule has 0 spiro atoms. The third-order valence-electron chi connectivity index (χ3n) is 3.38. The highest BCUT2D eigenvalue weighted by molar-refractivity contribution is 7.99. The Morgan fingerprint density at radius 1 is 1.50 bits per heavy atom. The van der Waals surface area contributed by atoms with Crippen LogP contribution in [0.4, 0.5) is 4.39 Å². The maximum absolute atomic E-state index is 13.9. The van der Waals surface area contributed by atoms with Crippen LogP contribution in [0.3, 0.4) is 0 Å². The zero-order valence-corrected chi connectivity index (χ0v) is 13.5. The first-order chi connectivity index (χ1) is 9.46. The Bertz CT molecular complexity index is 467. The van der Waals surface area contributed by atoms with Crippen molar-refractivity contribution < 1.29 is 9.18 Å². The number of aldehydes is 1. The number of rotatable bonds is 7. The number of nitrogens with zero attached hydrogens (tertiary/aromatic N) is 1. The number of carbonyl (C=O) groups is 1. The molecule has 0 heterocycles. The second-order valence-electron chi connectivity index (χ2n) is 4.80. The van der Waals surface area contributed by atoms with Gasteiger partial charge in [0.15, 0.2) is 12.1 Å². The Balaban J connectivity index is 3.06. The Kier molecular flexibility index (Phi) is 6.95. The number of nitrogens with two attached hydrogens (primary N) is 1. The predicted octanol–water partition coefficient (Wildman–Crippen LogP) is 2.45. The summed E-state index contributed by atoms with van der Waals surface area (Å²) in [6.45, 7) is 0.538. The molecule has 112 valence electrons. The first kappa shape index (κ1) is 17.4. The molecular formula is C14H20ClFN2OS. The van der Waals surface area contributed by atoms with E-state index in [1.165, 1.54) is 6.07 Å². The molecule has 2 N–H and O–H groups in total. The van der Waals surface area contributed by atoms with Gasteiger partial charge in [0, 0.05) is 17.8 Å². The second kappa shape index (κ2) is 7.98. The third kappa shape index (κ3) is 3.95. The normalized spacial score (nSPS) is 14.3. The lowest BCUT2D eigenvalue weighted by Gasteiger charge is -2.31. The van der Waals surface area contributed by atoms with E-state index >= 15 is 0 Å². The molecule has 0 saturated carbocycles. The van der Waals surface area contributed by atoms with E-state index in [0.29, 0.717) is 24.8 Å². The van der Waals surface area contributed by atoms with Gasteiger partial charge in [-0.15, -0.1) is 0 Å². The van der Waals surface area contributed by atoms with E-state index in [-0.39, 0.29) is 21.9 Å². The molecule has 3 nitrogen and oxygen atoms in total. The van der Waals surface area contributed by atoms with Crippen molar-refractivity contribution in [3.05, 3.63) is 34.1 Å². The van der Waals surface area contributed by atoms with E-state index in [9.17, 15) is 9.18 Å². The van der Waals surface area contributed by atoms with E-state index in [1.54, 1.807) is 17.8 Å². The number of likely N-dealkylation sites (N-methyl/N-ethyl adjacent to an activating group) is 1. The summed E-state index contributed by atoms with van der Waals surface area (Å²) in [6, 6.07) is 3.32. The average molecular weight is 319 g/mol. The van der Waals surface area contributed by atoms with Gasteiger partial charge in [-0.1, -0.05) is 17.7 Å². The molecule has 20 heavy (non-hydrogen) atoms. The van der Waals surface area contributed by atoms with Gasteiger partial charge in [0.25, 0.3) is 0 Å². The quantitative estimate of drug-likeness (QED) is 0.785. The molecule has 1 aromatic carbocycles. The van der Waals surface area contributed by atoms with Gasteiger partial charge in [0.1, 0.15) is 0 Å². The number of carbonyl (C=O) groups excluding carboxylic acids is 1. The molecule has 2 atom stereocenters. The zero-order chi connectivity index (χ0) is 15.3. The Hall–Kier alpha value is -0.620. The minimum atomic E-state index is -0.648. The summed E-state index contributed by atoms with van der Waals surface area (Å²) < 4.78 is 13.9.